The van der Waals surface area contributed by atoms with Crippen molar-refractivity contribution in [2.45, 2.75) is 32.7 Å². The summed E-state index contributed by atoms with van der Waals surface area (Å²) in [5, 5.41) is 8.65. The minimum Gasteiger partial charge on any atom is -0.279 e. The molecule has 0 spiro atoms. The molecular weight excluding hydrogens is 124 g/mol. The fourth-order valence-corrected chi connectivity index (χ4v) is 0.940. The van der Waals surface area contributed by atoms with Gasteiger partial charge in [-0.15, -0.1) is 0 Å². The Morgan fingerprint density at radius 3 is 2.30 bits per heavy atom. The summed E-state index contributed by atoms with van der Waals surface area (Å²) in [4.78, 5) is 3.77. The van der Waals surface area contributed by atoms with E-state index in [1.54, 1.807) is 6.92 Å². The van der Waals surface area contributed by atoms with Gasteiger partial charge in [-0.25, -0.2) is 0 Å². The first-order valence-corrected chi connectivity index (χ1v) is 3.43. The molecule has 0 bridgehead atoms. The molecule has 0 heterocycles. The third kappa shape index (κ3) is 2.63. The monoisotopic (exact) mass is 138 g/mol. The maximum Gasteiger partial charge on any atom is 0.143 e. The summed E-state index contributed by atoms with van der Waals surface area (Å²) in [5.74, 6) is 0.496. The zero-order valence-corrected chi connectivity index (χ0v) is 6.89. The molecule has 1 unspecified atom stereocenters. The van der Waals surface area contributed by atoms with Crippen molar-refractivity contribution in [2.75, 3.05) is 0 Å². The molecule has 0 amide bonds. The van der Waals surface area contributed by atoms with Crippen molar-refractivity contribution in [3.8, 4) is 6.07 Å². The lowest BCUT2D eigenvalue weighted by molar-refractivity contribution is 0.452. The van der Waals surface area contributed by atoms with Gasteiger partial charge in [-0.2, -0.15) is 5.26 Å². The minimum atomic E-state index is -0.575. The highest BCUT2D eigenvalue weighted by Crippen LogP contribution is 2.18. The van der Waals surface area contributed by atoms with Crippen molar-refractivity contribution in [1.82, 2.24) is 0 Å². The van der Waals surface area contributed by atoms with E-state index in [0.29, 0.717) is 5.92 Å². The van der Waals surface area contributed by atoms with Crippen molar-refractivity contribution in [2.24, 2.45) is 10.9 Å². The van der Waals surface area contributed by atoms with Crippen molar-refractivity contribution in [3.63, 3.8) is 0 Å². The predicted molar refractivity (Wildman–Crippen MR) is 43.0 cm³/mol. The van der Waals surface area contributed by atoms with Gasteiger partial charge in [0, 0.05) is 0 Å². The van der Waals surface area contributed by atoms with Crippen LogP contribution in [0, 0.1) is 17.2 Å². The fraction of sp³-hybridized carbons (Fsp3) is 0.750. The maximum atomic E-state index is 8.65. The molecule has 0 aromatic carbocycles. The van der Waals surface area contributed by atoms with E-state index in [0.717, 1.165) is 6.42 Å². The molecule has 0 fully saturated rings. The first-order valence-electron chi connectivity index (χ1n) is 3.43. The second-order valence-electron chi connectivity index (χ2n) is 3.14. The lowest BCUT2D eigenvalue weighted by Crippen LogP contribution is -2.20. The van der Waals surface area contributed by atoms with Crippen molar-refractivity contribution in [1.29, 1.82) is 5.26 Å². The Kier molecular flexibility index (Phi) is 3.08. The fourth-order valence-electron chi connectivity index (χ4n) is 0.940. The van der Waals surface area contributed by atoms with E-state index in [4.69, 9.17) is 5.26 Å². The predicted octanol–water partition coefficient (Wildman–Crippen LogP) is 2.02. The third-order valence-corrected chi connectivity index (χ3v) is 1.40. The molecule has 0 aromatic rings. The van der Waals surface area contributed by atoms with Gasteiger partial charge in [-0.3, -0.25) is 4.99 Å². The highest BCUT2D eigenvalue weighted by molar-refractivity contribution is 5.28. The Morgan fingerprint density at radius 1 is 1.70 bits per heavy atom. The normalized spacial score (nSPS) is 15.9. The first kappa shape index (κ1) is 9.16. The van der Waals surface area contributed by atoms with E-state index in [1.807, 2.05) is 0 Å². The summed E-state index contributed by atoms with van der Waals surface area (Å²) >= 11 is 0. The summed E-state index contributed by atoms with van der Waals surface area (Å²) in [6.07, 6.45) is 0.785. The number of aliphatic imine (C=N–C) groups is 1. The van der Waals surface area contributed by atoms with Crippen molar-refractivity contribution < 1.29 is 0 Å². The third-order valence-electron chi connectivity index (χ3n) is 1.40. The molecule has 0 aliphatic rings. The molecule has 1 atom stereocenters. The number of rotatable bonds is 3. The van der Waals surface area contributed by atoms with Crippen LogP contribution in [-0.2, 0) is 0 Å². The number of hydrogen-bond donors (Lipinski definition) is 0. The van der Waals surface area contributed by atoms with Gasteiger partial charge in [0.1, 0.15) is 5.54 Å². The van der Waals surface area contributed by atoms with Gasteiger partial charge >= 0.3 is 0 Å². The van der Waals surface area contributed by atoms with Gasteiger partial charge in [0.25, 0.3) is 0 Å². The quantitative estimate of drug-likeness (QED) is 0.549. The van der Waals surface area contributed by atoms with Gasteiger partial charge < -0.3 is 0 Å². The molecule has 0 aromatic heterocycles. The largest absolute Gasteiger partial charge is 0.279 e. The van der Waals surface area contributed by atoms with Crippen LogP contribution in [0.3, 0.4) is 0 Å². The second-order valence-corrected chi connectivity index (χ2v) is 3.14. The molecule has 2 heteroatoms. The zero-order valence-electron chi connectivity index (χ0n) is 6.89. The van der Waals surface area contributed by atoms with Crippen molar-refractivity contribution in [3.05, 3.63) is 0 Å². The standard InChI is InChI=1S/C8H14N2/c1-7(2)5-8(3,6-9)10-4/h7H,4-5H2,1-3H3. The SMILES string of the molecule is C=NC(C)(C#N)CC(C)C. The van der Waals surface area contributed by atoms with Gasteiger partial charge in [-0.05, 0) is 26.0 Å². The van der Waals surface area contributed by atoms with Crippen LogP contribution in [0.15, 0.2) is 4.99 Å². The Hall–Kier alpha value is -0.840. The molecule has 0 N–H and O–H groups in total. The minimum absolute atomic E-state index is 0.496. The van der Waals surface area contributed by atoms with Gasteiger partial charge in [-0.1, -0.05) is 13.8 Å². The molecule has 0 rings (SSSR count). The molecule has 0 saturated heterocycles. The summed E-state index contributed by atoms with van der Waals surface area (Å²) in [6.45, 7) is 9.33. The van der Waals surface area contributed by atoms with Crippen LogP contribution in [0.2, 0.25) is 0 Å². The zero-order chi connectivity index (χ0) is 8.20. The van der Waals surface area contributed by atoms with E-state index in [2.05, 4.69) is 31.6 Å². The highest BCUT2D eigenvalue weighted by Gasteiger charge is 2.21. The number of hydrogen-bond acceptors (Lipinski definition) is 2. The summed E-state index contributed by atoms with van der Waals surface area (Å²) in [5.41, 5.74) is -0.575. The van der Waals surface area contributed by atoms with Crippen LogP contribution in [0.5, 0.6) is 0 Å². The van der Waals surface area contributed by atoms with E-state index in [1.165, 1.54) is 0 Å². The van der Waals surface area contributed by atoms with Gasteiger partial charge in [0.05, 0.1) is 6.07 Å². The summed E-state index contributed by atoms with van der Waals surface area (Å²) in [6, 6.07) is 2.13. The Balaban J connectivity index is 4.10. The van der Waals surface area contributed by atoms with Gasteiger partial charge in [0.15, 0.2) is 0 Å². The number of nitrogens with zero attached hydrogens (tertiary/aromatic N) is 2. The first-order chi connectivity index (χ1) is 4.54. The van der Waals surface area contributed by atoms with E-state index in [9.17, 15) is 0 Å². The van der Waals surface area contributed by atoms with Crippen LogP contribution in [0.1, 0.15) is 27.2 Å². The molecule has 0 aliphatic heterocycles. The maximum absolute atomic E-state index is 8.65. The summed E-state index contributed by atoms with van der Waals surface area (Å²) < 4.78 is 0. The number of nitriles is 1. The van der Waals surface area contributed by atoms with E-state index in [-0.39, 0.29) is 0 Å². The van der Waals surface area contributed by atoms with Crippen LogP contribution in [0.4, 0.5) is 0 Å². The molecule has 56 valence electrons. The average molecular weight is 138 g/mol. The summed E-state index contributed by atoms with van der Waals surface area (Å²) in [7, 11) is 0. The Morgan fingerprint density at radius 2 is 2.20 bits per heavy atom. The molecule has 10 heavy (non-hydrogen) atoms. The van der Waals surface area contributed by atoms with E-state index < -0.39 is 5.54 Å². The molecule has 0 radical (unpaired) electrons. The molecular formula is C8H14N2. The second kappa shape index (κ2) is 3.36. The molecule has 0 aliphatic carbocycles. The smallest absolute Gasteiger partial charge is 0.143 e. The van der Waals surface area contributed by atoms with Gasteiger partial charge in [0.2, 0.25) is 0 Å². The lowest BCUT2D eigenvalue weighted by Gasteiger charge is -2.17. The van der Waals surface area contributed by atoms with E-state index >= 15 is 0 Å². The highest BCUT2D eigenvalue weighted by atomic mass is 14.8. The van der Waals surface area contributed by atoms with Crippen LogP contribution in [-0.4, -0.2) is 12.3 Å². The van der Waals surface area contributed by atoms with Crippen LogP contribution >= 0.6 is 0 Å². The Bertz CT molecular complexity index is 155. The molecule has 2 nitrogen and oxygen atoms in total. The van der Waals surface area contributed by atoms with Crippen LogP contribution in [0.25, 0.3) is 0 Å². The van der Waals surface area contributed by atoms with Crippen LogP contribution < -0.4 is 0 Å². The van der Waals surface area contributed by atoms with Crippen molar-refractivity contribution >= 4 is 6.72 Å². The lowest BCUT2D eigenvalue weighted by atomic mass is 9.93. The molecule has 0 saturated carbocycles. The average Bonchev–Trinajstić information content (AvgIpc) is 1.87. The topological polar surface area (TPSA) is 36.1 Å². The Labute approximate surface area is 62.6 Å².